The molecule has 6 N–H and O–H groups in total. The quantitative estimate of drug-likeness (QED) is 0.318. The molecule has 0 unspecified atom stereocenters. The maximum absolute atomic E-state index is 10.0. The van der Waals surface area contributed by atoms with Crippen LogP contribution in [-0.4, -0.2) is 52.5 Å². The lowest BCUT2D eigenvalue weighted by Crippen LogP contribution is -2.50. The SMILES string of the molecule is NC(CO)(CO)CO.O=C1C=CC(=O)N1. The summed E-state index contributed by atoms with van der Waals surface area (Å²) in [6.07, 6.45) is 2.39. The first-order chi connectivity index (χ1) is 6.97. The Morgan fingerprint density at radius 1 is 1.07 bits per heavy atom. The largest absolute Gasteiger partial charge is 0.394 e. The van der Waals surface area contributed by atoms with Crippen molar-refractivity contribution in [3.8, 4) is 0 Å². The zero-order valence-electron chi connectivity index (χ0n) is 8.01. The molecule has 86 valence electrons. The predicted molar refractivity (Wildman–Crippen MR) is 50.5 cm³/mol. The molecule has 0 saturated heterocycles. The van der Waals surface area contributed by atoms with E-state index in [0.29, 0.717) is 0 Å². The average Bonchev–Trinajstić information content (AvgIpc) is 2.62. The maximum Gasteiger partial charge on any atom is 0.250 e. The standard InChI is InChI=1S/C4H11NO3.C4H3NO2/c5-4(1-6,2-7)3-8;6-3-1-2-4(7)5-3/h6-8H,1-3,5H2;1-2H,(H,5,6,7). The molecule has 0 aromatic rings. The Hall–Kier alpha value is -1.28. The topological polar surface area (TPSA) is 133 Å². The zero-order chi connectivity index (χ0) is 11.9. The lowest BCUT2D eigenvalue weighted by Gasteiger charge is -2.20. The van der Waals surface area contributed by atoms with Crippen molar-refractivity contribution in [2.45, 2.75) is 5.54 Å². The van der Waals surface area contributed by atoms with Crippen LogP contribution >= 0.6 is 0 Å². The van der Waals surface area contributed by atoms with E-state index in [0.717, 1.165) is 0 Å². The lowest BCUT2D eigenvalue weighted by molar-refractivity contribution is -0.123. The lowest BCUT2D eigenvalue weighted by atomic mass is 10.1. The van der Waals surface area contributed by atoms with Crippen molar-refractivity contribution in [3.05, 3.63) is 12.2 Å². The number of aliphatic hydroxyl groups excluding tert-OH is 3. The third-order valence-corrected chi connectivity index (χ3v) is 1.58. The number of carbonyl (C=O) groups excluding carboxylic acids is 2. The number of nitrogens with one attached hydrogen (secondary N) is 1. The van der Waals surface area contributed by atoms with E-state index >= 15 is 0 Å². The van der Waals surface area contributed by atoms with Crippen molar-refractivity contribution in [1.82, 2.24) is 5.32 Å². The van der Waals surface area contributed by atoms with E-state index in [4.69, 9.17) is 21.1 Å². The van der Waals surface area contributed by atoms with Crippen LogP contribution in [0.5, 0.6) is 0 Å². The number of hydrogen-bond donors (Lipinski definition) is 5. The summed E-state index contributed by atoms with van der Waals surface area (Å²) >= 11 is 0. The van der Waals surface area contributed by atoms with Crippen LogP contribution in [0.15, 0.2) is 12.2 Å². The Morgan fingerprint density at radius 2 is 1.40 bits per heavy atom. The maximum atomic E-state index is 10.0. The van der Waals surface area contributed by atoms with Crippen molar-refractivity contribution < 1.29 is 24.9 Å². The third kappa shape index (κ3) is 5.23. The predicted octanol–water partition coefficient (Wildman–Crippen LogP) is -3.14. The second-order valence-electron chi connectivity index (χ2n) is 3.02. The molecular formula is C8H14N2O5. The average molecular weight is 218 g/mol. The molecule has 0 aliphatic carbocycles. The van der Waals surface area contributed by atoms with Gasteiger partial charge in [-0.15, -0.1) is 0 Å². The number of amides is 2. The van der Waals surface area contributed by atoms with Crippen molar-refractivity contribution >= 4 is 11.8 Å². The Morgan fingerprint density at radius 3 is 1.47 bits per heavy atom. The first-order valence-electron chi connectivity index (χ1n) is 4.12. The summed E-state index contributed by atoms with van der Waals surface area (Å²) in [7, 11) is 0. The zero-order valence-corrected chi connectivity index (χ0v) is 8.01. The van der Waals surface area contributed by atoms with Crippen LogP contribution < -0.4 is 11.1 Å². The van der Waals surface area contributed by atoms with Gasteiger partial charge in [0.25, 0.3) is 11.8 Å². The number of carbonyl (C=O) groups is 2. The van der Waals surface area contributed by atoms with E-state index in [2.05, 4.69) is 0 Å². The summed E-state index contributed by atoms with van der Waals surface area (Å²) in [5.41, 5.74) is 3.94. The van der Waals surface area contributed by atoms with Gasteiger partial charge in [-0.3, -0.25) is 14.9 Å². The van der Waals surface area contributed by atoms with Crippen molar-refractivity contribution in [1.29, 1.82) is 0 Å². The summed E-state index contributed by atoms with van der Waals surface area (Å²) in [6, 6.07) is 0. The molecule has 0 aromatic carbocycles. The summed E-state index contributed by atoms with van der Waals surface area (Å²) < 4.78 is 0. The van der Waals surface area contributed by atoms with Crippen molar-refractivity contribution in [2.75, 3.05) is 19.8 Å². The smallest absolute Gasteiger partial charge is 0.250 e. The molecule has 0 spiro atoms. The fourth-order valence-electron chi connectivity index (χ4n) is 0.506. The third-order valence-electron chi connectivity index (χ3n) is 1.58. The molecule has 2 amide bonds. The molecule has 1 aliphatic rings. The van der Waals surface area contributed by atoms with Gasteiger partial charge < -0.3 is 21.1 Å². The molecule has 0 saturated carbocycles. The molecule has 0 radical (unpaired) electrons. The number of hydrogen-bond acceptors (Lipinski definition) is 6. The highest BCUT2D eigenvalue weighted by atomic mass is 16.3. The van der Waals surface area contributed by atoms with Crippen molar-refractivity contribution in [3.63, 3.8) is 0 Å². The van der Waals surface area contributed by atoms with Crippen molar-refractivity contribution in [2.24, 2.45) is 5.73 Å². The summed E-state index contributed by atoms with van der Waals surface area (Å²) in [6.45, 7) is -1.21. The minimum Gasteiger partial charge on any atom is -0.394 e. The van der Waals surface area contributed by atoms with Gasteiger partial charge in [0.05, 0.1) is 25.4 Å². The molecule has 0 aromatic heterocycles. The Balaban J connectivity index is 0.000000262. The van der Waals surface area contributed by atoms with Gasteiger partial charge in [0.2, 0.25) is 0 Å². The molecule has 15 heavy (non-hydrogen) atoms. The molecule has 7 heteroatoms. The summed E-state index contributed by atoms with van der Waals surface area (Å²) in [4.78, 5) is 20.1. The van der Waals surface area contributed by atoms with Gasteiger partial charge in [0.1, 0.15) is 0 Å². The van der Waals surface area contributed by atoms with Crippen LogP contribution in [0.3, 0.4) is 0 Å². The molecule has 7 nitrogen and oxygen atoms in total. The van der Waals surface area contributed by atoms with E-state index in [1.807, 2.05) is 5.32 Å². The van der Waals surface area contributed by atoms with Gasteiger partial charge in [-0.05, 0) is 0 Å². The van der Waals surface area contributed by atoms with Gasteiger partial charge in [0.15, 0.2) is 0 Å². The minimum atomic E-state index is -1.21. The van der Waals surface area contributed by atoms with Crippen LogP contribution in [0, 0.1) is 0 Å². The molecule has 1 aliphatic heterocycles. The highest BCUT2D eigenvalue weighted by Gasteiger charge is 2.20. The van der Waals surface area contributed by atoms with E-state index in [-0.39, 0.29) is 11.8 Å². The highest BCUT2D eigenvalue weighted by molar-refractivity contribution is 6.12. The second-order valence-corrected chi connectivity index (χ2v) is 3.02. The van der Waals surface area contributed by atoms with Crippen LogP contribution in [0.4, 0.5) is 0 Å². The fourth-order valence-corrected chi connectivity index (χ4v) is 0.506. The highest BCUT2D eigenvalue weighted by Crippen LogP contribution is 1.93. The minimum absolute atomic E-state index is 0.329. The van der Waals surface area contributed by atoms with E-state index in [9.17, 15) is 9.59 Å². The summed E-state index contributed by atoms with van der Waals surface area (Å²) in [5.74, 6) is -0.657. The normalized spacial score (nSPS) is 14.7. The number of imide groups is 1. The molecule has 0 fully saturated rings. The Bertz CT molecular complexity index is 235. The monoisotopic (exact) mass is 218 g/mol. The van der Waals surface area contributed by atoms with Crippen LogP contribution in [0.25, 0.3) is 0 Å². The van der Waals surface area contributed by atoms with Gasteiger partial charge in [0, 0.05) is 12.2 Å². The molecule has 1 rings (SSSR count). The van der Waals surface area contributed by atoms with Gasteiger partial charge in [-0.25, -0.2) is 0 Å². The van der Waals surface area contributed by atoms with Crippen LogP contribution in [0.2, 0.25) is 0 Å². The van der Waals surface area contributed by atoms with Crippen LogP contribution in [-0.2, 0) is 9.59 Å². The van der Waals surface area contributed by atoms with Gasteiger partial charge in [-0.1, -0.05) is 0 Å². The summed E-state index contributed by atoms with van der Waals surface area (Å²) in [5, 5.41) is 27.0. The first kappa shape index (κ1) is 13.7. The van der Waals surface area contributed by atoms with E-state index in [1.54, 1.807) is 0 Å². The molecule has 1 heterocycles. The first-order valence-corrected chi connectivity index (χ1v) is 4.12. The Kier molecular flexibility index (Phi) is 5.72. The van der Waals surface area contributed by atoms with E-state index < -0.39 is 25.4 Å². The fraction of sp³-hybridized carbons (Fsp3) is 0.500. The molecule has 0 bridgehead atoms. The molecular weight excluding hydrogens is 204 g/mol. The van der Waals surface area contributed by atoms with E-state index in [1.165, 1.54) is 12.2 Å². The van der Waals surface area contributed by atoms with Gasteiger partial charge in [-0.2, -0.15) is 0 Å². The number of aliphatic hydroxyl groups is 3. The van der Waals surface area contributed by atoms with Gasteiger partial charge >= 0.3 is 0 Å². The van der Waals surface area contributed by atoms with Crippen LogP contribution in [0.1, 0.15) is 0 Å². The number of nitrogens with two attached hydrogens (primary N) is 1. The Labute approximate surface area is 86.2 Å². The second kappa shape index (κ2) is 6.25. The molecule has 0 atom stereocenters. The number of rotatable bonds is 3.